The van der Waals surface area contributed by atoms with Crippen LogP contribution in [0.25, 0.3) is 84.7 Å². The van der Waals surface area contributed by atoms with Gasteiger partial charge in [-0.25, -0.2) is 24.9 Å². The van der Waals surface area contributed by atoms with E-state index in [-0.39, 0.29) is 28.5 Å². The highest BCUT2D eigenvalue weighted by molar-refractivity contribution is 6.21. The Bertz CT molecular complexity index is 3880. The predicted octanol–water partition coefficient (Wildman–Crippen LogP) is 11.0. The Morgan fingerprint density at radius 2 is 1.24 bits per heavy atom. The number of allylic oxidation sites excluding steroid dienone is 2. The van der Waals surface area contributed by atoms with E-state index in [1.54, 1.807) is 63.9 Å². The van der Waals surface area contributed by atoms with E-state index >= 15 is 0 Å². The number of ketones is 3. The van der Waals surface area contributed by atoms with Gasteiger partial charge in [0.2, 0.25) is 5.88 Å². The second-order valence-electron chi connectivity index (χ2n) is 20.5. The van der Waals surface area contributed by atoms with Gasteiger partial charge in [-0.2, -0.15) is 5.26 Å². The van der Waals surface area contributed by atoms with E-state index in [4.69, 9.17) is 15.7 Å². The number of aromatic amines is 3. The highest BCUT2D eigenvalue weighted by atomic mass is 16.5. The summed E-state index contributed by atoms with van der Waals surface area (Å²) in [4.78, 5) is 79.9. The zero-order chi connectivity index (χ0) is 56.5. The van der Waals surface area contributed by atoms with Crippen molar-refractivity contribution in [2.45, 2.75) is 72.3 Å². The number of primary amides is 1. The fourth-order valence-corrected chi connectivity index (χ4v) is 9.07. The second-order valence-corrected chi connectivity index (χ2v) is 20.5. The Labute approximate surface area is 462 Å². The summed E-state index contributed by atoms with van der Waals surface area (Å²) >= 11 is 0. The van der Waals surface area contributed by atoms with Gasteiger partial charge in [0.15, 0.2) is 17.3 Å². The third kappa shape index (κ3) is 13.5. The number of piperidine rings is 1. The van der Waals surface area contributed by atoms with Crippen molar-refractivity contribution in [2.75, 3.05) is 24.6 Å². The molecule has 0 unspecified atom stereocenters. The lowest BCUT2D eigenvalue weighted by Gasteiger charge is -2.27. The van der Waals surface area contributed by atoms with E-state index in [0.717, 1.165) is 97.4 Å². The molecule has 1 amide bonds. The van der Waals surface area contributed by atoms with Crippen molar-refractivity contribution in [1.82, 2.24) is 39.9 Å². The number of nitrogens with one attached hydrogen (secondary N) is 3. The second kappa shape index (κ2) is 24.3. The molecular formula is C63H61N11O6. The monoisotopic (exact) mass is 1070 g/mol. The zero-order valence-electron chi connectivity index (χ0n) is 45.2. The number of hydrogen-bond acceptors (Lipinski definition) is 13. The summed E-state index contributed by atoms with van der Waals surface area (Å²) in [6.45, 7) is 10.6. The van der Waals surface area contributed by atoms with Crippen LogP contribution in [0.2, 0.25) is 0 Å². The van der Waals surface area contributed by atoms with E-state index < -0.39 is 11.5 Å². The Hall–Kier alpha value is -9.66. The van der Waals surface area contributed by atoms with Crippen molar-refractivity contribution in [3.8, 4) is 45.3 Å². The van der Waals surface area contributed by atoms with Crippen LogP contribution >= 0.6 is 0 Å². The summed E-state index contributed by atoms with van der Waals surface area (Å²) in [5.74, 6) is 0.978. The number of H-pyrrole nitrogens is 3. The van der Waals surface area contributed by atoms with Gasteiger partial charge in [0.1, 0.15) is 28.8 Å². The van der Waals surface area contributed by atoms with Crippen molar-refractivity contribution in [2.24, 2.45) is 11.7 Å². The molecule has 1 saturated carbocycles. The van der Waals surface area contributed by atoms with E-state index in [0.29, 0.717) is 28.7 Å². The fourth-order valence-electron chi connectivity index (χ4n) is 9.07. The SMILES string of the molecule is CC(=O)/C(=C\c1c[nH]c2ncc(-c3cccc(C(C)(C)O)c3)cc12)C(N)=O.CC(=O)/C(C#N)=C/c1c[nH]c2ncc(-c3ccc(OCC4CC4)nc3)cc12.CC(=O)/C=C/c1c[nH]c2ncc(-c3ccc(N4CCCCC4)nc3)cc12. The van der Waals surface area contributed by atoms with Gasteiger partial charge in [0.05, 0.1) is 23.4 Å². The smallest absolute Gasteiger partial charge is 0.252 e. The lowest BCUT2D eigenvalue weighted by Crippen LogP contribution is -2.29. The van der Waals surface area contributed by atoms with Crippen LogP contribution in [0, 0.1) is 17.2 Å². The molecule has 6 N–H and O–H groups in total. The Morgan fingerprint density at radius 1 is 0.688 bits per heavy atom. The third-order valence-corrected chi connectivity index (χ3v) is 13.8. The normalized spacial score (nSPS) is 13.8. The average molecular weight is 1070 g/mol. The molecule has 1 aromatic carbocycles. The average Bonchev–Trinajstić information content (AvgIpc) is 3.88. The van der Waals surface area contributed by atoms with Crippen LogP contribution in [0.4, 0.5) is 5.82 Å². The van der Waals surface area contributed by atoms with Crippen LogP contribution in [-0.2, 0) is 24.8 Å². The maximum atomic E-state index is 11.6. The molecule has 17 nitrogen and oxygen atoms in total. The zero-order valence-corrected chi connectivity index (χ0v) is 45.2. The highest BCUT2D eigenvalue weighted by Crippen LogP contribution is 2.33. The minimum Gasteiger partial charge on any atom is -0.477 e. The van der Waals surface area contributed by atoms with Crippen molar-refractivity contribution in [1.29, 1.82) is 5.26 Å². The molecule has 0 atom stereocenters. The standard InChI is InChI=1S/C21H18N4O2.C21H22N4O.C21H21N3O3/c1-13(26)16(8-22)6-18-11-25-21-19(18)7-17(10-24-21)15-4-5-20(23-9-15)27-12-14-2-3-14;1-15(26)5-6-17-13-23-21-19(17)11-18(14-24-21)16-7-8-20(22-12-16)25-9-3-2-4-10-25;1-12(25)17(19(22)26)9-15-11-24-20-18(15)8-14(10-23-20)13-5-4-6-16(7-13)21(2,3)27/h4-7,9-11,14H,2-3,12H2,1H3,(H,24,25);5-8,11-14H,2-4,9-10H2,1H3,(H,23,24);4-11,27H,1-3H3,(H2,22,26)(H,23,24)/b16-6+;6-5+;17-9+. The molecule has 8 aromatic heterocycles. The molecular weight excluding hydrogens is 1010 g/mol. The summed E-state index contributed by atoms with van der Waals surface area (Å²) in [7, 11) is 0. The van der Waals surface area contributed by atoms with Crippen LogP contribution in [0.1, 0.15) is 89.0 Å². The summed E-state index contributed by atoms with van der Waals surface area (Å²) in [5.41, 5.74) is 15.4. The number of fused-ring (bicyclic) bond motifs is 3. The third-order valence-electron chi connectivity index (χ3n) is 13.8. The number of carbonyl (C=O) groups excluding carboxylic acids is 4. The number of nitriles is 1. The molecule has 0 spiro atoms. The number of Topliss-reactive ketones (excluding diaryl/α,β-unsaturated/α-hetero) is 2. The molecule has 2 fully saturated rings. The van der Waals surface area contributed by atoms with Crippen LogP contribution < -0.4 is 15.4 Å². The number of aromatic nitrogens is 8. The molecule has 1 aliphatic heterocycles. The first-order valence-corrected chi connectivity index (χ1v) is 26.4. The first-order valence-electron chi connectivity index (χ1n) is 26.4. The number of amides is 1. The summed E-state index contributed by atoms with van der Waals surface area (Å²) < 4.78 is 5.67. The van der Waals surface area contributed by atoms with E-state index in [9.17, 15) is 24.3 Å². The van der Waals surface area contributed by atoms with Gasteiger partial charge in [0.25, 0.3) is 5.91 Å². The van der Waals surface area contributed by atoms with Crippen molar-refractivity contribution < 1.29 is 29.0 Å². The molecule has 80 heavy (non-hydrogen) atoms. The number of aliphatic hydroxyl groups is 1. The van der Waals surface area contributed by atoms with Crippen molar-refractivity contribution in [3.63, 3.8) is 0 Å². The van der Waals surface area contributed by atoms with Crippen LogP contribution in [0.5, 0.6) is 5.88 Å². The van der Waals surface area contributed by atoms with Gasteiger partial charge < -0.3 is 35.4 Å². The summed E-state index contributed by atoms with van der Waals surface area (Å²) in [6.07, 6.45) is 27.1. The number of ether oxygens (including phenoxy) is 1. The van der Waals surface area contributed by atoms with Gasteiger partial charge >= 0.3 is 0 Å². The molecule has 1 aliphatic carbocycles. The predicted molar refractivity (Wildman–Crippen MR) is 312 cm³/mol. The lowest BCUT2D eigenvalue weighted by atomic mass is 9.94. The van der Waals surface area contributed by atoms with E-state index in [2.05, 4.69) is 63.0 Å². The minimum absolute atomic E-state index is 0.0287. The molecule has 9 heterocycles. The molecule has 17 heteroatoms. The summed E-state index contributed by atoms with van der Waals surface area (Å²) in [5, 5.41) is 22.0. The summed E-state index contributed by atoms with van der Waals surface area (Å²) in [6, 6.07) is 23.5. The maximum Gasteiger partial charge on any atom is 0.252 e. The number of nitrogens with zero attached hydrogens (tertiary/aromatic N) is 7. The molecule has 404 valence electrons. The Balaban J connectivity index is 0.000000145. The molecule has 9 aromatic rings. The number of hydrogen-bond donors (Lipinski definition) is 5. The van der Waals surface area contributed by atoms with Crippen molar-refractivity contribution in [3.05, 3.63) is 156 Å². The van der Waals surface area contributed by atoms with Crippen LogP contribution in [0.15, 0.2) is 134 Å². The fraction of sp³-hybridized carbons (Fsp3) is 0.238. The van der Waals surface area contributed by atoms with Gasteiger partial charge in [-0.15, -0.1) is 0 Å². The lowest BCUT2D eigenvalue weighted by molar-refractivity contribution is -0.120. The van der Waals surface area contributed by atoms with Gasteiger partial charge in [-0.1, -0.05) is 18.2 Å². The number of pyridine rings is 5. The highest BCUT2D eigenvalue weighted by Gasteiger charge is 2.22. The van der Waals surface area contributed by atoms with Gasteiger partial charge in [-0.05, 0) is 151 Å². The number of nitrogens with two attached hydrogens (primary N) is 1. The molecule has 1 saturated heterocycles. The Morgan fingerprint density at radius 3 is 1.74 bits per heavy atom. The minimum atomic E-state index is -0.951. The number of benzene rings is 1. The molecule has 11 rings (SSSR count). The Kier molecular flexibility index (Phi) is 16.8. The van der Waals surface area contributed by atoms with Crippen LogP contribution in [0.3, 0.4) is 0 Å². The first-order chi connectivity index (χ1) is 38.5. The number of rotatable bonds is 15. The van der Waals surface area contributed by atoms with E-state index in [1.807, 2.05) is 79.3 Å². The van der Waals surface area contributed by atoms with Crippen molar-refractivity contribution >= 4 is 80.4 Å². The molecule has 0 bridgehead atoms. The number of anilines is 1. The van der Waals surface area contributed by atoms with E-state index in [1.165, 1.54) is 52.0 Å². The van der Waals surface area contributed by atoms with Gasteiger partial charge in [-0.3, -0.25) is 19.2 Å². The van der Waals surface area contributed by atoms with Gasteiger partial charge in [0, 0.05) is 129 Å². The quantitative estimate of drug-likeness (QED) is 0.0277. The molecule has 0 radical (unpaired) electrons. The maximum absolute atomic E-state index is 11.6. The largest absolute Gasteiger partial charge is 0.477 e. The number of carbonyl (C=O) groups is 4. The molecule has 2 aliphatic rings. The first kappa shape index (κ1) is 55.1. The van der Waals surface area contributed by atoms with Crippen LogP contribution in [-0.4, -0.2) is 87.9 Å². The topological polar surface area (TPSA) is 263 Å².